The second kappa shape index (κ2) is 7.05. The molecule has 2 aromatic carbocycles. The van der Waals surface area contributed by atoms with E-state index in [2.05, 4.69) is 10.9 Å². The lowest BCUT2D eigenvalue weighted by Crippen LogP contribution is -2.40. The summed E-state index contributed by atoms with van der Waals surface area (Å²) in [7, 11) is 0. The molecule has 1 heterocycles. The predicted molar refractivity (Wildman–Crippen MR) is 96.8 cm³/mol. The minimum absolute atomic E-state index is 0.399. The molecule has 2 amide bonds. The molecular formula is C20H18N2O3. The molecule has 1 aromatic heterocycles. The predicted octanol–water partition coefficient (Wildman–Crippen LogP) is 3.52. The average Bonchev–Trinajstić information content (AvgIpc) is 2.96. The summed E-state index contributed by atoms with van der Waals surface area (Å²) >= 11 is 0. The number of carbonyl (C=O) groups excluding carboxylic acids is 2. The zero-order valence-electron chi connectivity index (χ0n) is 14.0. The van der Waals surface area contributed by atoms with Crippen molar-refractivity contribution in [3.8, 4) is 0 Å². The van der Waals surface area contributed by atoms with Gasteiger partial charge in [0.2, 0.25) is 0 Å². The summed E-state index contributed by atoms with van der Waals surface area (Å²) in [5.74, 6) is 0.320. The lowest BCUT2D eigenvalue weighted by molar-refractivity contribution is -0.117. The minimum atomic E-state index is -0.417. The van der Waals surface area contributed by atoms with Crippen LogP contribution < -0.4 is 10.9 Å². The van der Waals surface area contributed by atoms with Crippen molar-refractivity contribution in [2.24, 2.45) is 0 Å². The van der Waals surface area contributed by atoms with Crippen molar-refractivity contribution in [2.75, 3.05) is 0 Å². The van der Waals surface area contributed by atoms with E-state index in [1.54, 1.807) is 26.0 Å². The largest absolute Gasteiger partial charge is 0.466 e. The third-order valence-corrected chi connectivity index (χ3v) is 3.82. The van der Waals surface area contributed by atoms with Gasteiger partial charge >= 0.3 is 0 Å². The number of furan rings is 1. The molecule has 0 unspecified atom stereocenters. The molecule has 5 nitrogen and oxygen atoms in total. The number of hydrazine groups is 1. The highest BCUT2D eigenvalue weighted by atomic mass is 16.3. The third kappa shape index (κ3) is 3.77. The van der Waals surface area contributed by atoms with Crippen LogP contribution in [0.1, 0.15) is 27.4 Å². The van der Waals surface area contributed by atoms with Gasteiger partial charge in [0.05, 0.1) is 5.56 Å². The van der Waals surface area contributed by atoms with Crippen LogP contribution in [-0.2, 0) is 4.79 Å². The van der Waals surface area contributed by atoms with E-state index in [1.165, 1.54) is 6.08 Å². The Hall–Kier alpha value is -3.34. The van der Waals surface area contributed by atoms with Gasteiger partial charge in [-0.3, -0.25) is 20.4 Å². The zero-order chi connectivity index (χ0) is 17.8. The maximum Gasteiger partial charge on any atom is 0.273 e. The smallest absolute Gasteiger partial charge is 0.273 e. The van der Waals surface area contributed by atoms with Crippen LogP contribution in [0, 0.1) is 13.8 Å². The summed E-state index contributed by atoms with van der Waals surface area (Å²) in [5.41, 5.74) is 6.08. The van der Waals surface area contributed by atoms with E-state index in [4.69, 9.17) is 4.42 Å². The lowest BCUT2D eigenvalue weighted by Gasteiger charge is -2.04. The quantitative estimate of drug-likeness (QED) is 0.568. The van der Waals surface area contributed by atoms with Gasteiger partial charge in [-0.2, -0.15) is 0 Å². The Bertz CT molecular complexity index is 965. The van der Waals surface area contributed by atoms with Crippen LogP contribution in [0.15, 0.2) is 59.0 Å². The number of hydrogen-bond donors (Lipinski definition) is 2. The first-order valence-corrected chi connectivity index (χ1v) is 7.88. The van der Waals surface area contributed by atoms with E-state index in [0.29, 0.717) is 17.1 Å². The second-order valence-corrected chi connectivity index (χ2v) is 5.67. The standard InChI is InChI=1S/C20H18N2O3/c1-13-12-18(14(2)25-13)20(24)22-21-19(23)11-10-16-8-5-7-15-6-3-4-9-17(15)16/h3-12H,1-2H3,(H,21,23)(H,22,24)/b11-10+. The molecule has 5 heteroatoms. The highest BCUT2D eigenvalue weighted by molar-refractivity contribution is 6.00. The highest BCUT2D eigenvalue weighted by Crippen LogP contribution is 2.19. The molecule has 2 N–H and O–H groups in total. The van der Waals surface area contributed by atoms with Gasteiger partial charge in [-0.25, -0.2) is 0 Å². The Morgan fingerprint density at radius 1 is 1.00 bits per heavy atom. The fourth-order valence-electron chi connectivity index (χ4n) is 2.64. The number of fused-ring (bicyclic) bond motifs is 1. The van der Waals surface area contributed by atoms with Crippen LogP contribution >= 0.6 is 0 Å². The molecule has 0 atom stereocenters. The van der Waals surface area contributed by atoms with E-state index in [9.17, 15) is 9.59 Å². The number of benzene rings is 2. The van der Waals surface area contributed by atoms with Gasteiger partial charge in [-0.05, 0) is 42.3 Å². The van der Waals surface area contributed by atoms with Gasteiger partial charge in [-0.1, -0.05) is 42.5 Å². The van der Waals surface area contributed by atoms with Crippen LogP contribution in [-0.4, -0.2) is 11.8 Å². The Labute approximate surface area is 145 Å². The van der Waals surface area contributed by atoms with Crippen LogP contribution in [0.25, 0.3) is 16.8 Å². The van der Waals surface area contributed by atoms with Gasteiger partial charge in [0.15, 0.2) is 0 Å². The van der Waals surface area contributed by atoms with E-state index in [-0.39, 0.29) is 0 Å². The number of hydrogen-bond acceptors (Lipinski definition) is 3. The number of amides is 2. The third-order valence-electron chi connectivity index (χ3n) is 3.82. The van der Waals surface area contributed by atoms with Crippen LogP contribution in [0.2, 0.25) is 0 Å². The van der Waals surface area contributed by atoms with Crippen LogP contribution in [0.4, 0.5) is 0 Å². The van der Waals surface area contributed by atoms with Crippen molar-refractivity contribution in [2.45, 2.75) is 13.8 Å². The Balaban J connectivity index is 1.65. The molecule has 0 radical (unpaired) electrons. The second-order valence-electron chi connectivity index (χ2n) is 5.67. The molecular weight excluding hydrogens is 316 g/mol. The Kier molecular flexibility index (Phi) is 4.66. The average molecular weight is 334 g/mol. The first kappa shape index (κ1) is 16.5. The van der Waals surface area contributed by atoms with Crippen molar-refractivity contribution in [3.05, 3.63) is 77.3 Å². The maximum atomic E-state index is 12.0. The molecule has 0 aliphatic heterocycles. The first-order chi connectivity index (χ1) is 12.0. The molecule has 0 saturated heterocycles. The zero-order valence-corrected chi connectivity index (χ0v) is 14.0. The summed E-state index contributed by atoms with van der Waals surface area (Å²) in [6.07, 6.45) is 3.10. The SMILES string of the molecule is Cc1cc(C(=O)NNC(=O)/C=C/c2cccc3ccccc23)c(C)o1. The molecule has 3 aromatic rings. The van der Waals surface area contributed by atoms with Crippen molar-refractivity contribution < 1.29 is 14.0 Å². The molecule has 126 valence electrons. The van der Waals surface area contributed by atoms with Crippen molar-refractivity contribution in [1.29, 1.82) is 0 Å². The van der Waals surface area contributed by atoms with Gasteiger partial charge in [0, 0.05) is 6.08 Å². The summed E-state index contributed by atoms with van der Waals surface area (Å²) in [4.78, 5) is 24.0. The fraction of sp³-hybridized carbons (Fsp3) is 0.100. The number of aryl methyl sites for hydroxylation is 2. The molecule has 0 aliphatic carbocycles. The van der Waals surface area contributed by atoms with Gasteiger partial charge in [-0.15, -0.1) is 0 Å². The Morgan fingerprint density at radius 3 is 2.52 bits per heavy atom. The topological polar surface area (TPSA) is 71.3 Å². The van der Waals surface area contributed by atoms with Crippen LogP contribution in [0.3, 0.4) is 0 Å². The highest BCUT2D eigenvalue weighted by Gasteiger charge is 2.13. The van der Waals surface area contributed by atoms with Crippen molar-refractivity contribution >= 4 is 28.7 Å². The summed E-state index contributed by atoms with van der Waals surface area (Å²) < 4.78 is 5.30. The van der Waals surface area contributed by atoms with E-state index >= 15 is 0 Å². The molecule has 0 spiro atoms. The summed E-state index contributed by atoms with van der Waals surface area (Å²) in [6.45, 7) is 3.46. The minimum Gasteiger partial charge on any atom is -0.466 e. The lowest BCUT2D eigenvalue weighted by atomic mass is 10.0. The van der Waals surface area contributed by atoms with Gasteiger partial charge < -0.3 is 4.42 Å². The number of nitrogens with one attached hydrogen (secondary N) is 2. The van der Waals surface area contributed by atoms with Crippen LogP contribution in [0.5, 0.6) is 0 Å². The summed E-state index contributed by atoms with van der Waals surface area (Å²) in [5, 5.41) is 2.16. The Morgan fingerprint density at radius 2 is 1.76 bits per heavy atom. The molecule has 25 heavy (non-hydrogen) atoms. The molecule has 0 fully saturated rings. The van der Waals surface area contributed by atoms with Crippen molar-refractivity contribution in [1.82, 2.24) is 10.9 Å². The van der Waals surface area contributed by atoms with Gasteiger partial charge in [0.25, 0.3) is 11.8 Å². The summed E-state index contributed by atoms with van der Waals surface area (Å²) in [6, 6.07) is 15.5. The van der Waals surface area contributed by atoms with Crippen molar-refractivity contribution in [3.63, 3.8) is 0 Å². The molecule has 0 bridgehead atoms. The number of rotatable bonds is 3. The van der Waals surface area contributed by atoms with E-state index < -0.39 is 11.8 Å². The first-order valence-electron chi connectivity index (χ1n) is 7.88. The molecule has 3 rings (SSSR count). The van der Waals surface area contributed by atoms with Gasteiger partial charge in [0.1, 0.15) is 11.5 Å². The molecule has 0 aliphatic rings. The maximum absolute atomic E-state index is 12.0. The molecule has 0 saturated carbocycles. The number of carbonyl (C=O) groups is 2. The normalized spacial score (nSPS) is 11.0. The van der Waals surface area contributed by atoms with E-state index in [1.807, 2.05) is 42.5 Å². The fourth-order valence-corrected chi connectivity index (χ4v) is 2.64. The van der Waals surface area contributed by atoms with E-state index in [0.717, 1.165) is 16.3 Å². The monoisotopic (exact) mass is 334 g/mol.